The number of hydrogen-bond acceptors (Lipinski definition) is 2. The van der Waals surface area contributed by atoms with Crippen LogP contribution in [0.4, 0.5) is 0 Å². The fourth-order valence-corrected chi connectivity index (χ4v) is 0.867. The van der Waals surface area contributed by atoms with Crippen LogP contribution in [0.1, 0.15) is 27.2 Å². The van der Waals surface area contributed by atoms with Crippen LogP contribution in [0.3, 0.4) is 0 Å². The van der Waals surface area contributed by atoms with E-state index >= 15 is 0 Å². The second-order valence-corrected chi connectivity index (χ2v) is 3.49. The molecule has 0 aliphatic heterocycles. The standard InChI is InChI=1S/C10H19O2.Li/c1-4-11-8-9-12-7-5-6-10(2)3;/h5,10H,4,6,8-9H2,1-3H3;. The molecule has 0 aromatic heterocycles. The Balaban J connectivity index is 3.38. The fourth-order valence-electron chi connectivity index (χ4n) is 0.867. The molecule has 72 valence electrons. The van der Waals surface area contributed by atoms with E-state index in [0.29, 0.717) is 19.1 Å². The molecule has 0 saturated heterocycles. The SMILES string of the molecule is [Li]/[C](=C\CC(C)C)OCCOCC. The van der Waals surface area contributed by atoms with Crippen LogP contribution in [0.5, 0.6) is 0 Å². The molecule has 0 spiro atoms. The minimum absolute atomic E-state index is 0.661. The molecule has 0 aromatic rings. The zero-order valence-corrected chi connectivity index (χ0v) is 9.30. The first-order valence-corrected chi connectivity index (χ1v) is 5.04. The van der Waals surface area contributed by atoms with Gasteiger partial charge in [-0.3, -0.25) is 0 Å². The van der Waals surface area contributed by atoms with E-state index in [2.05, 4.69) is 19.9 Å². The van der Waals surface area contributed by atoms with Gasteiger partial charge in [0.25, 0.3) is 0 Å². The Hall–Kier alpha value is 0.0974. The van der Waals surface area contributed by atoms with E-state index in [1.807, 2.05) is 24.6 Å². The molecule has 0 bridgehead atoms. The Morgan fingerprint density at radius 3 is 2.62 bits per heavy atom. The van der Waals surface area contributed by atoms with Crippen molar-refractivity contribution in [2.24, 2.45) is 5.92 Å². The molecular formula is C10H19LiO2. The fraction of sp³-hybridized carbons (Fsp3) is 0.800. The predicted molar refractivity (Wildman–Crippen MR) is 55.7 cm³/mol. The third-order valence-electron chi connectivity index (χ3n) is 1.64. The zero-order chi connectivity index (χ0) is 10.1. The van der Waals surface area contributed by atoms with Crippen molar-refractivity contribution in [2.75, 3.05) is 19.8 Å². The van der Waals surface area contributed by atoms with Crippen LogP contribution >= 0.6 is 0 Å². The van der Waals surface area contributed by atoms with E-state index in [4.69, 9.17) is 9.47 Å². The summed E-state index contributed by atoms with van der Waals surface area (Å²) in [5, 5.41) is 0. The van der Waals surface area contributed by atoms with Crippen LogP contribution in [-0.4, -0.2) is 37.5 Å². The van der Waals surface area contributed by atoms with Gasteiger partial charge in [-0.05, 0) is 0 Å². The van der Waals surface area contributed by atoms with Gasteiger partial charge in [0.2, 0.25) is 0 Å². The normalized spacial score (nSPS) is 12.3. The molecule has 0 rings (SSSR count). The van der Waals surface area contributed by atoms with Crippen LogP contribution in [-0.2, 0) is 9.47 Å². The molecule has 2 nitrogen and oxygen atoms in total. The molecule has 0 atom stereocenters. The summed E-state index contributed by atoms with van der Waals surface area (Å²) >= 11 is 1.99. The van der Waals surface area contributed by atoms with Gasteiger partial charge in [0, 0.05) is 0 Å². The molecule has 0 aromatic carbocycles. The van der Waals surface area contributed by atoms with Crippen molar-refractivity contribution in [1.82, 2.24) is 0 Å². The third-order valence-corrected chi connectivity index (χ3v) is 1.64. The maximum atomic E-state index is 5.43. The van der Waals surface area contributed by atoms with Crippen molar-refractivity contribution >= 4 is 17.7 Å². The summed E-state index contributed by atoms with van der Waals surface area (Å²) in [6, 6.07) is 0. The Labute approximate surface area is 90.9 Å². The Bertz CT molecular complexity index is 144. The first-order valence-electron chi connectivity index (χ1n) is 5.04. The van der Waals surface area contributed by atoms with Crippen molar-refractivity contribution in [3.63, 3.8) is 0 Å². The molecule has 0 radical (unpaired) electrons. The summed E-state index contributed by atoms with van der Waals surface area (Å²) in [5.74, 6) is 0.699. The number of rotatable bonds is 7. The molecule has 0 aliphatic rings. The van der Waals surface area contributed by atoms with Gasteiger partial charge >= 0.3 is 90.6 Å². The quantitative estimate of drug-likeness (QED) is 0.337. The number of allylic oxidation sites excluding steroid dienone is 1. The summed E-state index contributed by atoms with van der Waals surface area (Å²) in [7, 11) is 0. The molecule has 0 N–H and O–H groups in total. The second kappa shape index (κ2) is 8.68. The molecule has 3 heteroatoms. The maximum absolute atomic E-state index is 5.43. The van der Waals surface area contributed by atoms with Crippen molar-refractivity contribution < 1.29 is 9.47 Å². The van der Waals surface area contributed by atoms with Gasteiger partial charge in [-0.2, -0.15) is 0 Å². The Morgan fingerprint density at radius 1 is 1.38 bits per heavy atom. The van der Waals surface area contributed by atoms with E-state index in [9.17, 15) is 0 Å². The van der Waals surface area contributed by atoms with E-state index in [1.165, 1.54) is 0 Å². The number of hydrogen-bond donors (Lipinski definition) is 0. The molecule has 0 fully saturated rings. The average molecular weight is 178 g/mol. The van der Waals surface area contributed by atoms with E-state index in [1.54, 1.807) is 0 Å². The predicted octanol–water partition coefficient (Wildman–Crippen LogP) is 2.10. The molecular weight excluding hydrogens is 159 g/mol. The summed E-state index contributed by atoms with van der Waals surface area (Å²) in [5.41, 5.74) is 0. The first-order chi connectivity index (χ1) is 6.16. The monoisotopic (exact) mass is 178 g/mol. The van der Waals surface area contributed by atoms with Crippen LogP contribution in [0.2, 0.25) is 0 Å². The second-order valence-electron chi connectivity index (χ2n) is 3.49. The zero-order valence-electron chi connectivity index (χ0n) is 9.30. The molecule has 0 unspecified atom stereocenters. The van der Waals surface area contributed by atoms with Gasteiger partial charge in [-0.1, -0.05) is 0 Å². The van der Waals surface area contributed by atoms with E-state index in [-0.39, 0.29) is 0 Å². The number of ether oxygens (including phenoxy) is 2. The van der Waals surface area contributed by atoms with Gasteiger partial charge in [0.05, 0.1) is 0 Å². The molecule has 13 heavy (non-hydrogen) atoms. The molecule has 0 saturated carbocycles. The van der Waals surface area contributed by atoms with Crippen LogP contribution in [0, 0.1) is 5.92 Å². The van der Waals surface area contributed by atoms with Gasteiger partial charge < -0.3 is 0 Å². The molecule has 0 heterocycles. The van der Waals surface area contributed by atoms with Gasteiger partial charge in [-0.15, -0.1) is 0 Å². The summed E-state index contributed by atoms with van der Waals surface area (Å²) in [4.78, 5) is 0. The Morgan fingerprint density at radius 2 is 2.08 bits per heavy atom. The van der Waals surface area contributed by atoms with Crippen molar-refractivity contribution in [2.45, 2.75) is 27.2 Å². The van der Waals surface area contributed by atoms with Crippen LogP contribution in [0.15, 0.2) is 10.5 Å². The minimum atomic E-state index is 0.661. The topological polar surface area (TPSA) is 18.5 Å². The van der Waals surface area contributed by atoms with E-state index in [0.717, 1.165) is 17.5 Å². The van der Waals surface area contributed by atoms with Crippen molar-refractivity contribution in [1.29, 1.82) is 0 Å². The summed E-state index contributed by atoms with van der Waals surface area (Å²) in [6.07, 6.45) is 3.22. The molecule has 0 amide bonds. The van der Waals surface area contributed by atoms with Gasteiger partial charge in [0.15, 0.2) is 0 Å². The summed E-state index contributed by atoms with van der Waals surface area (Å²) in [6.45, 7) is 8.49. The van der Waals surface area contributed by atoms with Gasteiger partial charge in [0.1, 0.15) is 0 Å². The van der Waals surface area contributed by atoms with Crippen molar-refractivity contribution in [3.05, 3.63) is 10.5 Å². The third kappa shape index (κ3) is 10.0. The van der Waals surface area contributed by atoms with Crippen molar-refractivity contribution in [3.8, 4) is 0 Å². The van der Waals surface area contributed by atoms with E-state index < -0.39 is 0 Å². The van der Waals surface area contributed by atoms with Crippen LogP contribution in [0.25, 0.3) is 0 Å². The molecule has 0 aliphatic carbocycles. The first kappa shape index (κ1) is 13.1. The Kier molecular flexibility index (Phi) is 8.75. The van der Waals surface area contributed by atoms with Crippen LogP contribution < -0.4 is 0 Å². The summed E-state index contributed by atoms with van der Waals surface area (Å²) < 4.78 is 11.6. The van der Waals surface area contributed by atoms with Gasteiger partial charge in [-0.25, -0.2) is 0 Å². The average Bonchev–Trinajstić information content (AvgIpc) is 2.09.